The molecule has 0 spiro atoms. The van der Waals surface area contributed by atoms with Crippen LogP contribution in [0.4, 0.5) is 0 Å². The van der Waals surface area contributed by atoms with Crippen molar-refractivity contribution >= 4 is 23.7 Å². The number of hydrogen-bond acceptors (Lipinski definition) is 14. The lowest BCUT2D eigenvalue weighted by molar-refractivity contribution is -0.129. The van der Waals surface area contributed by atoms with E-state index in [1.54, 1.807) is 6.92 Å². The number of amides is 3. The molecule has 0 fully saturated rings. The van der Waals surface area contributed by atoms with E-state index in [4.69, 9.17) is 11.1 Å². The second kappa shape index (κ2) is 36.7. The maximum atomic E-state index is 13.4. The average Bonchev–Trinajstić information content (AvgIpc) is 3.21. The molecule has 0 aromatic rings. The van der Waals surface area contributed by atoms with Gasteiger partial charge in [0.1, 0.15) is 24.7 Å². The van der Waals surface area contributed by atoms with Gasteiger partial charge in [-0.2, -0.15) is 0 Å². The molecule has 0 saturated carbocycles. The van der Waals surface area contributed by atoms with Crippen LogP contribution in [0.2, 0.25) is 0 Å². The third kappa shape index (κ3) is 29.3. The van der Waals surface area contributed by atoms with Gasteiger partial charge >= 0.3 is 0 Å². The monoisotopic (exact) mass is 878 g/mol. The summed E-state index contributed by atoms with van der Waals surface area (Å²) in [5.41, 5.74) is 5.35. The zero-order valence-electron chi connectivity index (χ0n) is 37.7. The molecule has 0 saturated heterocycles. The number of nitrogens with one attached hydrogen (secondary N) is 8. The van der Waals surface area contributed by atoms with Crippen LogP contribution in [0.5, 0.6) is 0 Å². The molecule has 0 bridgehead atoms. The molecule has 0 aliphatic carbocycles. The van der Waals surface area contributed by atoms with Gasteiger partial charge in [-0.3, -0.25) is 35.7 Å². The molecule has 0 aromatic carbocycles. The molecule has 0 radical (unpaired) electrons. The Hall–Kier alpha value is -2.72. The molecule has 61 heavy (non-hydrogen) atoms. The molecule has 19 nitrogen and oxygen atoms in total. The van der Waals surface area contributed by atoms with Crippen molar-refractivity contribution in [3.63, 3.8) is 0 Å². The zero-order chi connectivity index (χ0) is 46.0. The van der Waals surface area contributed by atoms with Crippen molar-refractivity contribution in [3.8, 4) is 0 Å². The van der Waals surface area contributed by atoms with E-state index < -0.39 is 92.7 Å². The standard InChI is InChI=1S/C42H87N9O10/c1-5-7-9-10-11-12-13-14-15-16-17-18-19-24-35(56)46-26-36(57)47-33(27-52)39(59)50-34(28-53)40(60)49-32(23-20-21-25-45-42(43)44)38(58)51-37(30(4)55)41(61)48-31(29(3)54)22-8-6-2/h29-34,37-39,41,48,50-55,58-59,61H,5-28H2,1-4H3,(H,46,56)(H,47,57)(H,49,60)(H4,43,44,45)/t29?,30?,31-,32-,33-,34-,37-,38?,39?,41?/m0/s1. The Balaban J connectivity index is 5.18. The number of carbonyl (C=O) groups excluding carboxylic acids is 3. The van der Waals surface area contributed by atoms with Crippen molar-refractivity contribution in [2.75, 3.05) is 26.3 Å². The van der Waals surface area contributed by atoms with Gasteiger partial charge in [0.05, 0.1) is 50.1 Å². The highest BCUT2D eigenvalue weighted by Crippen LogP contribution is 2.14. The number of guanidine groups is 1. The first-order valence-corrected chi connectivity index (χ1v) is 23.0. The van der Waals surface area contributed by atoms with Gasteiger partial charge in [-0.1, -0.05) is 104 Å². The van der Waals surface area contributed by atoms with Crippen molar-refractivity contribution in [1.29, 1.82) is 5.41 Å². The Labute approximate surface area is 365 Å². The van der Waals surface area contributed by atoms with Crippen LogP contribution in [0.15, 0.2) is 0 Å². The summed E-state index contributed by atoms with van der Waals surface area (Å²) in [6.45, 7) is 5.55. The van der Waals surface area contributed by atoms with Gasteiger partial charge < -0.3 is 62.7 Å². The Morgan fingerprint density at radius 2 is 1.10 bits per heavy atom. The van der Waals surface area contributed by atoms with Crippen molar-refractivity contribution in [2.24, 2.45) is 5.73 Å². The van der Waals surface area contributed by atoms with E-state index in [0.29, 0.717) is 32.2 Å². The van der Waals surface area contributed by atoms with Gasteiger partial charge in [-0.15, -0.1) is 0 Å². The molecule has 0 heterocycles. The molecular weight excluding hydrogens is 791 g/mol. The summed E-state index contributed by atoms with van der Waals surface area (Å²) in [6.07, 6.45) is 12.1. The van der Waals surface area contributed by atoms with E-state index in [9.17, 15) is 50.1 Å². The van der Waals surface area contributed by atoms with Crippen LogP contribution in [0, 0.1) is 5.41 Å². The summed E-state index contributed by atoms with van der Waals surface area (Å²) in [7, 11) is 0. The summed E-state index contributed by atoms with van der Waals surface area (Å²) >= 11 is 0. The third-order valence-electron chi connectivity index (χ3n) is 10.8. The summed E-state index contributed by atoms with van der Waals surface area (Å²) in [6, 6.07) is -5.56. The van der Waals surface area contributed by atoms with Gasteiger partial charge in [0.2, 0.25) is 17.7 Å². The Morgan fingerprint density at radius 3 is 1.61 bits per heavy atom. The molecule has 19 heteroatoms. The number of nitrogens with two attached hydrogens (primary N) is 1. The lowest BCUT2D eigenvalue weighted by Gasteiger charge is -2.35. The number of unbranched alkanes of at least 4 members (excludes halogenated alkanes) is 14. The van der Waals surface area contributed by atoms with E-state index in [1.807, 2.05) is 6.92 Å². The smallest absolute Gasteiger partial charge is 0.239 e. The minimum absolute atomic E-state index is 0.142. The quantitative estimate of drug-likeness (QED) is 0.0166. The Kier molecular flexibility index (Phi) is 35.1. The summed E-state index contributed by atoms with van der Waals surface area (Å²) in [5.74, 6) is -2.07. The fourth-order valence-corrected chi connectivity index (χ4v) is 6.91. The summed E-state index contributed by atoms with van der Waals surface area (Å²) < 4.78 is 0. The van der Waals surface area contributed by atoms with Gasteiger partial charge in [-0.25, -0.2) is 0 Å². The van der Waals surface area contributed by atoms with Crippen LogP contribution < -0.4 is 43.0 Å². The van der Waals surface area contributed by atoms with Gasteiger partial charge in [-0.05, 0) is 46.0 Å². The molecule has 10 atom stereocenters. The topological polar surface area (TPSA) is 327 Å². The highest BCUT2D eigenvalue weighted by molar-refractivity contribution is 5.85. The van der Waals surface area contributed by atoms with Crippen molar-refractivity contribution in [1.82, 2.24) is 37.2 Å². The second-order valence-corrected chi connectivity index (χ2v) is 16.4. The predicted molar refractivity (Wildman–Crippen MR) is 237 cm³/mol. The van der Waals surface area contributed by atoms with Gasteiger partial charge in [0.25, 0.3) is 0 Å². The molecule has 3 amide bonds. The number of aliphatic hydroxyl groups is 7. The van der Waals surface area contributed by atoms with Gasteiger partial charge in [0.15, 0.2) is 5.96 Å². The largest absolute Gasteiger partial charge is 0.394 e. The first kappa shape index (κ1) is 58.3. The van der Waals surface area contributed by atoms with E-state index in [2.05, 4.69) is 44.1 Å². The van der Waals surface area contributed by atoms with Crippen LogP contribution >= 0.6 is 0 Å². The second-order valence-electron chi connectivity index (χ2n) is 16.4. The molecule has 0 aliphatic heterocycles. The van der Waals surface area contributed by atoms with Crippen LogP contribution in [0.1, 0.15) is 156 Å². The number of carbonyl (C=O) groups is 3. The number of aliphatic hydroxyl groups excluding tert-OH is 7. The predicted octanol–water partition coefficient (Wildman–Crippen LogP) is -0.0269. The van der Waals surface area contributed by atoms with E-state index in [0.717, 1.165) is 32.1 Å². The van der Waals surface area contributed by atoms with E-state index in [1.165, 1.54) is 64.7 Å². The van der Waals surface area contributed by atoms with Crippen LogP contribution in [0.3, 0.4) is 0 Å². The highest BCUT2D eigenvalue weighted by atomic mass is 16.3. The first-order chi connectivity index (χ1) is 29.1. The fraction of sp³-hybridized carbons (Fsp3) is 0.905. The van der Waals surface area contributed by atoms with Crippen molar-refractivity contribution < 1.29 is 50.1 Å². The maximum absolute atomic E-state index is 13.4. The SMILES string of the molecule is CCCCCCCCCCCCCCCC(=O)NCC(=O)N[C@@H](CO)C(O)N[C@@H](CO)C(=O)N[C@@H](CCCCNC(=N)N)C(O)N[C@@H](C(C)O)C(O)N[C@@H](CCCC)C(C)O. The third-order valence-corrected chi connectivity index (χ3v) is 10.8. The van der Waals surface area contributed by atoms with Crippen molar-refractivity contribution in [2.45, 2.75) is 217 Å². The molecule has 5 unspecified atom stereocenters. The van der Waals surface area contributed by atoms with Crippen LogP contribution in [-0.2, 0) is 14.4 Å². The number of rotatable bonds is 40. The maximum Gasteiger partial charge on any atom is 0.239 e. The average molecular weight is 878 g/mol. The summed E-state index contributed by atoms with van der Waals surface area (Å²) in [5, 5.41) is 99.7. The lowest BCUT2D eigenvalue weighted by atomic mass is 10.0. The lowest BCUT2D eigenvalue weighted by Crippen LogP contribution is -2.64. The minimum Gasteiger partial charge on any atom is -0.394 e. The van der Waals surface area contributed by atoms with Crippen LogP contribution in [0.25, 0.3) is 0 Å². The number of hydrogen-bond donors (Lipinski definition) is 16. The Bertz CT molecular complexity index is 1140. The molecule has 0 aliphatic rings. The van der Waals surface area contributed by atoms with Crippen LogP contribution in [-0.4, -0.2) is 147 Å². The van der Waals surface area contributed by atoms with Crippen molar-refractivity contribution in [3.05, 3.63) is 0 Å². The molecular formula is C42H87N9O10. The van der Waals surface area contributed by atoms with E-state index in [-0.39, 0.29) is 24.7 Å². The highest BCUT2D eigenvalue weighted by Gasteiger charge is 2.34. The minimum atomic E-state index is -1.73. The molecule has 360 valence electrons. The zero-order valence-corrected chi connectivity index (χ0v) is 37.7. The molecule has 0 rings (SSSR count). The molecule has 0 aromatic heterocycles. The Morgan fingerprint density at radius 1 is 0.557 bits per heavy atom. The van der Waals surface area contributed by atoms with Gasteiger partial charge in [0, 0.05) is 19.0 Å². The first-order valence-electron chi connectivity index (χ1n) is 23.0. The molecule has 17 N–H and O–H groups in total. The fourth-order valence-electron chi connectivity index (χ4n) is 6.91. The summed E-state index contributed by atoms with van der Waals surface area (Å²) in [4.78, 5) is 38.4. The van der Waals surface area contributed by atoms with E-state index >= 15 is 0 Å². The normalized spacial score (nSPS) is 16.6.